The number of hydrogen-bond donors (Lipinski definition) is 0. The van der Waals surface area contributed by atoms with Gasteiger partial charge in [-0.2, -0.15) is 0 Å². The molecule has 0 aliphatic carbocycles. The average molecular weight is 83.1 g/mol. The number of hydrogen-bond acceptors (Lipinski definition) is 0. The Labute approximate surface area is 37.4 Å². The fourth-order valence-corrected chi connectivity index (χ4v) is 0.0722. The summed E-state index contributed by atoms with van der Waals surface area (Å²) >= 11 is 0. The maximum absolute atomic E-state index is 9.51. The molecule has 0 saturated heterocycles. The van der Waals surface area contributed by atoms with Gasteiger partial charge in [0.2, 0.25) is 0 Å². The Hall–Kier alpha value is -0.520. The van der Waals surface area contributed by atoms with Crippen LogP contribution in [0.1, 0.15) is 13.3 Å². The van der Waals surface area contributed by atoms with Gasteiger partial charge in [-0.15, -0.1) is 0 Å². The molecule has 6 heavy (non-hydrogen) atoms. The van der Waals surface area contributed by atoms with E-state index in [1.54, 1.807) is 6.15 Å². The molecule has 0 spiro atoms. The van der Waals surface area contributed by atoms with Gasteiger partial charge in [0.25, 0.3) is 0 Å². The second kappa shape index (κ2) is 2.70. The van der Waals surface area contributed by atoms with Crippen molar-refractivity contribution in [1.29, 1.82) is 0 Å². The van der Waals surface area contributed by atoms with Gasteiger partial charge in [0.05, 0.1) is 0 Å². The van der Waals surface area contributed by atoms with Crippen molar-refractivity contribution in [3.05, 3.63) is 12.2 Å². The molecule has 1 heteroatoms. The van der Waals surface area contributed by atoms with E-state index >= 15 is 0 Å². The van der Waals surface area contributed by atoms with Crippen LogP contribution in [0.15, 0.2) is 12.2 Å². The van der Waals surface area contributed by atoms with Crippen LogP contribution in [-0.4, -0.2) is 0 Å². The Morgan fingerprint density at radius 2 is 2.50 bits per heavy atom. The molecule has 0 radical (unpaired) electrons. The Morgan fingerprint density at radius 3 is 2.50 bits per heavy atom. The average Bonchev–Trinajstić information content (AvgIpc) is 1.65. The molecule has 0 saturated carbocycles. The number of allylic oxidation sites excluding steroid dienone is 1. The van der Waals surface area contributed by atoms with Crippen molar-refractivity contribution in [3.8, 4) is 6.15 Å². The zero-order chi connectivity index (χ0) is 4.99. The normalized spacial score (nSPS) is 6.67. The molecule has 0 atom stereocenters. The molecule has 0 fully saturated rings. The predicted octanol–water partition coefficient (Wildman–Crippen LogP) is 1.34. The summed E-state index contributed by atoms with van der Waals surface area (Å²) in [7, 11) is 0. The second-order valence-corrected chi connectivity index (χ2v) is 1.06. The van der Waals surface area contributed by atoms with Crippen LogP contribution in [-0.2, 0) is 4.65 Å². The summed E-state index contributed by atoms with van der Waals surface area (Å²) in [5.74, 6) is 0. The molecule has 0 bridgehead atoms. The summed E-state index contributed by atoms with van der Waals surface area (Å²) in [5, 5.41) is 0. The first kappa shape index (κ1) is 5.48. The summed E-state index contributed by atoms with van der Waals surface area (Å²) in [4.78, 5) is 0. The third kappa shape index (κ3) is 1.77. The molecular formula is C5H7O+. The molecule has 0 aromatic carbocycles. The van der Waals surface area contributed by atoms with Crippen molar-refractivity contribution in [2.24, 2.45) is 0 Å². The first-order valence-electron chi connectivity index (χ1n) is 1.87. The van der Waals surface area contributed by atoms with Gasteiger partial charge in [0.15, 0.2) is 0 Å². The molecule has 0 rings (SSSR count). The summed E-state index contributed by atoms with van der Waals surface area (Å²) < 4.78 is 9.51. The Bertz CT molecular complexity index is 86.6. The zero-order valence-corrected chi connectivity index (χ0v) is 3.82. The fourth-order valence-electron chi connectivity index (χ4n) is 0.0722. The van der Waals surface area contributed by atoms with Crippen LogP contribution in [0.25, 0.3) is 0 Å². The van der Waals surface area contributed by atoms with Crippen LogP contribution in [0, 0.1) is 6.15 Å². The van der Waals surface area contributed by atoms with Crippen LogP contribution in [0.3, 0.4) is 0 Å². The molecule has 32 valence electrons. The molecule has 0 aliphatic heterocycles. The molecule has 0 amide bonds. The van der Waals surface area contributed by atoms with Crippen molar-refractivity contribution in [2.45, 2.75) is 13.3 Å². The third-order valence-electron chi connectivity index (χ3n) is 0.571. The number of rotatable bonds is 1. The van der Waals surface area contributed by atoms with Crippen molar-refractivity contribution in [3.63, 3.8) is 0 Å². The summed E-state index contributed by atoms with van der Waals surface area (Å²) in [6.07, 6.45) is 2.38. The van der Waals surface area contributed by atoms with Gasteiger partial charge < -0.3 is 0 Å². The van der Waals surface area contributed by atoms with Crippen LogP contribution >= 0.6 is 0 Å². The third-order valence-corrected chi connectivity index (χ3v) is 0.571. The van der Waals surface area contributed by atoms with E-state index in [-0.39, 0.29) is 0 Å². The van der Waals surface area contributed by atoms with Crippen molar-refractivity contribution >= 4 is 0 Å². The molecule has 0 N–H and O–H groups in total. The fraction of sp³-hybridized carbons (Fsp3) is 0.400. The van der Waals surface area contributed by atoms with E-state index in [2.05, 4.69) is 6.58 Å². The van der Waals surface area contributed by atoms with Crippen molar-refractivity contribution < 1.29 is 4.65 Å². The molecule has 0 aromatic rings. The summed E-state index contributed by atoms with van der Waals surface area (Å²) in [6, 6.07) is 0. The zero-order valence-electron chi connectivity index (χ0n) is 3.82. The van der Waals surface area contributed by atoms with E-state index in [1.807, 2.05) is 6.92 Å². The molecule has 1 nitrogen and oxygen atoms in total. The first-order chi connectivity index (χ1) is 2.81. The van der Waals surface area contributed by atoms with E-state index < -0.39 is 0 Å². The summed E-state index contributed by atoms with van der Waals surface area (Å²) in [5.41, 5.74) is 0.537. The maximum atomic E-state index is 9.51. The van der Waals surface area contributed by atoms with Gasteiger partial charge in [-0.05, 0) is 0 Å². The Morgan fingerprint density at radius 1 is 2.00 bits per heavy atom. The second-order valence-electron chi connectivity index (χ2n) is 1.06. The minimum atomic E-state index is 0.537. The first-order valence-corrected chi connectivity index (χ1v) is 1.87. The topological polar surface area (TPSA) is 19.9 Å². The van der Waals surface area contributed by atoms with Crippen molar-refractivity contribution in [1.82, 2.24) is 0 Å². The summed E-state index contributed by atoms with van der Waals surface area (Å²) in [6.45, 7) is 5.24. The van der Waals surface area contributed by atoms with Crippen LogP contribution < -0.4 is 0 Å². The monoisotopic (exact) mass is 83.0 g/mol. The van der Waals surface area contributed by atoms with Gasteiger partial charge >= 0.3 is 36.3 Å². The van der Waals surface area contributed by atoms with Crippen LogP contribution in [0.2, 0.25) is 0 Å². The predicted molar refractivity (Wildman–Crippen MR) is 24.0 cm³/mol. The quantitative estimate of drug-likeness (QED) is 0.426. The van der Waals surface area contributed by atoms with Crippen LogP contribution in [0.5, 0.6) is 0 Å². The standard InChI is InChI=1S/C5H7O/c1-3-5(2)4-6/h2-3H2,1H3/q+1. The van der Waals surface area contributed by atoms with Crippen LogP contribution in [0.4, 0.5) is 0 Å². The van der Waals surface area contributed by atoms with E-state index in [9.17, 15) is 4.65 Å². The molecule has 0 aliphatic rings. The van der Waals surface area contributed by atoms with E-state index in [4.69, 9.17) is 0 Å². The van der Waals surface area contributed by atoms with E-state index in [0.29, 0.717) is 12.0 Å². The van der Waals surface area contributed by atoms with Gasteiger partial charge in [0, 0.05) is 0 Å². The van der Waals surface area contributed by atoms with Gasteiger partial charge in [-0.3, -0.25) is 0 Å². The van der Waals surface area contributed by atoms with E-state index in [0.717, 1.165) is 0 Å². The molecule has 0 aromatic heterocycles. The van der Waals surface area contributed by atoms with Gasteiger partial charge in [0.1, 0.15) is 0 Å². The molecule has 0 heterocycles. The Kier molecular flexibility index (Phi) is 2.47. The molecular weight excluding hydrogens is 76.1 g/mol. The van der Waals surface area contributed by atoms with Gasteiger partial charge in [-0.1, -0.05) is 0 Å². The Balaban J connectivity index is 3.33. The van der Waals surface area contributed by atoms with Crippen molar-refractivity contribution in [2.75, 3.05) is 0 Å². The molecule has 0 unspecified atom stereocenters. The minimum absolute atomic E-state index is 0.537. The SMILES string of the molecule is C=C(C#[O+])CC. The van der Waals surface area contributed by atoms with E-state index in [1.165, 1.54) is 0 Å². The van der Waals surface area contributed by atoms with Gasteiger partial charge in [-0.25, -0.2) is 0 Å².